The number of thiocarbonyl (C=S) groups is 1. The van der Waals surface area contributed by atoms with Gasteiger partial charge in [-0.05, 0) is 49.0 Å². The molecule has 0 atom stereocenters. The molecule has 2 aliphatic rings. The highest BCUT2D eigenvalue weighted by atomic mass is 32.1. The number of carbonyl (C=O) groups is 1. The van der Waals surface area contributed by atoms with Crippen molar-refractivity contribution >= 4 is 45.7 Å². The van der Waals surface area contributed by atoms with Crippen molar-refractivity contribution in [2.45, 2.75) is 38.5 Å². The number of thiophene rings is 1. The van der Waals surface area contributed by atoms with E-state index in [2.05, 4.69) is 51.5 Å². The summed E-state index contributed by atoms with van der Waals surface area (Å²) in [4.78, 5) is 18.6. The Morgan fingerprint density at radius 3 is 2.55 bits per heavy atom. The fourth-order valence-corrected chi connectivity index (χ4v) is 6.16. The van der Waals surface area contributed by atoms with E-state index in [1.807, 2.05) is 6.07 Å². The molecule has 33 heavy (non-hydrogen) atoms. The van der Waals surface area contributed by atoms with E-state index in [4.69, 9.17) is 17.0 Å². The molecule has 4 rings (SSSR count). The van der Waals surface area contributed by atoms with E-state index < -0.39 is 0 Å². The van der Waals surface area contributed by atoms with Gasteiger partial charge in [0.25, 0.3) is 0 Å². The zero-order valence-electron chi connectivity index (χ0n) is 19.3. The number of carbonyl (C=O) groups excluding carboxylic acids is 1. The van der Waals surface area contributed by atoms with Gasteiger partial charge in [0.15, 0.2) is 5.11 Å². The molecule has 0 saturated carbocycles. The van der Waals surface area contributed by atoms with Crippen LogP contribution in [0.2, 0.25) is 0 Å². The van der Waals surface area contributed by atoms with Crippen LogP contribution in [0, 0.1) is 0 Å². The van der Waals surface area contributed by atoms with Gasteiger partial charge in [0.2, 0.25) is 0 Å². The van der Waals surface area contributed by atoms with Crippen molar-refractivity contribution in [1.82, 2.24) is 9.80 Å². The molecule has 2 aromatic rings. The van der Waals surface area contributed by atoms with Crippen molar-refractivity contribution in [1.29, 1.82) is 0 Å². The van der Waals surface area contributed by atoms with Crippen molar-refractivity contribution in [3.05, 3.63) is 58.0 Å². The fourth-order valence-electron chi connectivity index (χ4n) is 4.54. The summed E-state index contributed by atoms with van der Waals surface area (Å²) in [6.07, 6.45) is 11.2. The monoisotopic (exact) mass is 483 g/mol. The number of hydrogen-bond donors (Lipinski definition) is 1. The van der Waals surface area contributed by atoms with Crippen molar-refractivity contribution in [2.24, 2.45) is 0 Å². The van der Waals surface area contributed by atoms with Crippen molar-refractivity contribution in [3.63, 3.8) is 0 Å². The Morgan fingerprint density at radius 1 is 1.09 bits per heavy atom. The number of fused-ring (bicyclic) bond motifs is 1. The number of methoxy groups -OCH3 is 1. The van der Waals surface area contributed by atoms with E-state index in [9.17, 15) is 4.79 Å². The molecule has 1 N–H and O–H groups in total. The molecule has 176 valence electrons. The second-order valence-corrected chi connectivity index (χ2v) is 10.1. The summed E-state index contributed by atoms with van der Waals surface area (Å²) >= 11 is 7.44. The van der Waals surface area contributed by atoms with Gasteiger partial charge in [0, 0.05) is 37.6 Å². The van der Waals surface area contributed by atoms with Crippen LogP contribution < -0.4 is 5.32 Å². The number of hydrogen-bond acceptors (Lipinski definition) is 5. The molecular weight excluding hydrogens is 450 g/mol. The minimum Gasteiger partial charge on any atom is -0.465 e. The van der Waals surface area contributed by atoms with Gasteiger partial charge < -0.3 is 15.0 Å². The average molecular weight is 484 g/mol. The molecule has 0 radical (unpaired) electrons. The number of benzene rings is 1. The normalized spacial score (nSPS) is 17.3. The Bertz CT molecular complexity index is 979. The lowest BCUT2D eigenvalue weighted by atomic mass is 9.96. The first-order valence-electron chi connectivity index (χ1n) is 11.9. The van der Waals surface area contributed by atoms with Crippen LogP contribution in [0.1, 0.15) is 52.0 Å². The lowest BCUT2D eigenvalue weighted by Crippen LogP contribution is -2.49. The number of piperazine rings is 1. The summed E-state index contributed by atoms with van der Waals surface area (Å²) in [5.41, 5.74) is 3.10. The van der Waals surface area contributed by atoms with E-state index in [-0.39, 0.29) is 5.97 Å². The van der Waals surface area contributed by atoms with Crippen LogP contribution in [0.4, 0.5) is 5.00 Å². The molecule has 7 heteroatoms. The highest BCUT2D eigenvalue weighted by molar-refractivity contribution is 7.80. The molecular formula is C26H33N3O2S2. The molecule has 0 bridgehead atoms. The van der Waals surface area contributed by atoms with Gasteiger partial charge in [0.1, 0.15) is 5.00 Å². The first-order chi connectivity index (χ1) is 16.2. The maximum absolute atomic E-state index is 12.6. The maximum Gasteiger partial charge on any atom is 0.341 e. The molecule has 1 aliphatic carbocycles. The molecule has 1 aromatic carbocycles. The Balaban J connectivity index is 1.35. The van der Waals surface area contributed by atoms with Gasteiger partial charge in [-0.25, -0.2) is 4.79 Å². The van der Waals surface area contributed by atoms with Crippen LogP contribution in [0.3, 0.4) is 0 Å². The van der Waals surface area contributed by atoms with Crippen molar-refractivity contribution in [3.8, 4) is 0 Å². The van der Waals surface area contributed by atoms with Crippen molar-refractivity contribution < 1.29 is 9.53 Å². The third kappa shape index (κ3) is 6.22. The summed E-state index contributed by atoms with van der Waals surface area (Å²) in [6, 6.07) is 10.4. The fraction of sp³-hybridized carbons (Fsp3) is 0.462. The van der Waals surface area contributed by atoms with Crippen LogP contribution in [-0.4, -0.2) is 60.7 Å². The van der Waals surface area contributed by atoms with Crippen molar-refractivity contribution in [2.75, 3.05) is 45.2 Å². The highest BCUT2D eigenvalue weighted by Gasteiger charge is 2.27. The van der Waals surface area contributed by atoms with Crippen LogP contribution in [0.25, 0.3) is 6.08 Å². The lowest BCUT2D eigenvalue weighted by molar-refractivity contribution is 0.0601. The second kappa shape index (κ2) is 11.8. The van der Waals surface area contributed by atoms with E-state index >= 15 is 0 Å². The topological polar surface area (TPSA) is 44.8 Å². The zero-order valence-corrected chi connectivity index (χ0v) is 21.0. The first kappa shape index (κ1) is 23.9. The third-order valence-electron chi connectivity index (χ3n) is 6.41. The number of esters is 1. The predicted octanol–water partition coefficient (Wildman–Crippen LogP) is 5.22. The van der Waals surface area contributed by atoms with Gasteiger partial charge in [-0.3, -0.25) is 4.90 Å². The number of rotatable bonds is 5. The summed E-state index contributed by atoms with van der Waals surface area (Å²) in [6.45, 7) is 4.62. The van der Waals surface area contributed by atoms with E-state index in [0.29, 0.717) is 10.7 Å². The van der Waals surface area contributed by atoms with E-state index in [1.54, 1.807) is 11.3 Å². The Kier molecular flexibility index (Phi) is 8.53. The molecule has 0 amide bonds. The number of aryl methyl sites for hydroxylation is 1. The Morgan fingerprint density at radius 2 is 1.82 bits per heavy atom. The highest BCUT2D eigenvalue weighted by Crippen LogP contribution is 2.37. The summed E-state index contributed by atoms with van der Waals surface area (Å²) in [5, 5.41) is 4.97. The minimum atomic E-state index is -0.256. The summed E-state index contributed by atoms with van der Waals surface area (Å²) < 4.78 is 5.14. The maximum atomic E-state index is 12.6. The molecule has 1 aliphatic heterocycles. The number of anilines is 1. The Hall–Kier alpha value is -2.22. The molecule has 1 fully saturated rings. The molecule has 0 spiro atoms. The number of nitrogens with one attached hydrogen (secondary N) is 1. The molecule has 0 unspecified atom stereocenters. The van der Waals surface area contributed by atoms with Gasteiger partial charge >= 0.3 is 5.97 Å². The van der Waals surface area contributed by atoms with Crippen LogP contribution in [0.15, 0.2) is 36.4 Å². The van der Waals surface area contributed by atoms with Crippen LogP contribution in [-0.2, 0) is 17.6 Å². The quantitative estimate of drug-likeness (QED) is 0.465. The van der Waals surface area contributed by atoms with E-state index in [1.165, 1.54) is 42.4 Å². The summed E-state index contributed by atoms with van der Waals surface area (Å²) in [5.74, 6) is -0.256. The van der Waals surface area contributed by atoms with Gasteiger partial charge in [0.05, 0.1) is 12.7 Å². The predicted molar refractivity (Wildman–Crippen MR) is 141 cm³/mol. The van der Waals surface area contributed by atoms with Gasteiger partial charge in [-0.2, -0.15) is 0 Å². The lowest BCUT2D eigenvalue weighted by Gasteiger charge is -2.35. The Labute approximate surface area is 206 Å². The molecule has 5 nitrogen and oxygen atoms in total. The number of nitrogens with zero attached hydrogens (tertiary/aromatic N) is 2. The SMILES string of the molecule is COC(=O)c1c(NC(=S)N2CCN(C/C=C/c3ccccc3)CC2)sc2c1CCCCCC2. The van der Waals surface area contributed by atoms with Gasteiger partial charge in [-0.1, -0.05) is 55.3 Å². The molecule has 1 aromatic heterocycles. The number of ether oxygens (including phenoxy) is 1. The molecule has 1 saturated heterocycles. The largest absolute Gasteiger partial charge is 0.465 e. The van der Waals surface area contributed by atoms with Crippen LogP contribution >= 0.6 is 23.6 Å². The standard InChI is InChI=1S/C26H33N3O2S2/c1-31-25(30)23-21-13-7-2-3-8-14-22(21)33-24(23)27-26(32)29-18-16-28(17-19-29)15-9-12-20-10-5-4-6-11-20/h4-6,9-12H,2-3,7-8,13-19H2,1H3,(H,27,32)/b12-9+. The third-order valence-corrected chi connectivity index (χ3v) is 7.98. The summed E-state index contributed by atoms with van der Waals surface area (Å²) in [7, 11) is 1.46. The second-order valence-electron chi connectivity index (χ2n) is 8.64. The van der Waals surface area contributed by atoms with E-state index in [0.717, 1.165) is 57.0 Å². The average Bonchev–Trinajstić information content (AvgIpc) is 3.15. The van der Waals surface area contributed by atoms with Crippen LogP contribution in [0.5, 0.6) is 0 Å². The zero-order chi connectivity index (χ0) is 23.0. The minimum absolute atomic E-state index is 0.256. The smallest absolute Gasteiger partial charge is 0.341 e. The molecule has 2 heterocycles. The first-order valence-corrected chi connectivity index (χ1v) is 13.1. The van der Waals surface area contributed by atoms with Gasteiger partial charge in [-0.15, -0.1) is 11.3 Å².